The van der Waals surface area contributed by atoms with Crippen LogP contribution in [0.5, 0.6) is 0 Å². The first-order chi connectivity index (χ1) is 12.7. The molecule has 1 N–H and O–H groups in total. The Morgan fingerprint density at radius 1 is 1.50 bits per heavy atom. The van der Waals surface area contributed by atoms with Crippen LogP contribution in [0.2, 0.25) is 0 Å². The number of fused-ring (bicyclic) bond motifs is 1. The van der Waals surface area contributed by atoms with Gasteiger partial charge in [0.15, 0.2) is 0 Å². The van der Waals surface area contributed by atoms with Crippen molar-refractivity contribution in [1.29, 1.82) is 5.26 Å². The number of aromatic nitrogens is 4. The van der Waals surface area contributed by atoms with Crippen LogP contribution in [0.4, 0.5) is 0 Å². The number of nitrogens with zero attached hydrogens (tertiary/aromatic N) is 5. The Labute approximate surface area is 152 Å². The zero-order valence-electron chi connectivity index (χ0n) is 14.6. The highest BCUT2D eigenvalue weighted by Gasteiger charge is 2.28. The number of H-pyrrole nitrogens is 1. The van der Waals surface area contributed by atoms with Crippen molar-refractivity contribution in [1.82, 2.24) is 24.4 Å². The van der Waals surface area contributed by atoms with E-state index in [0.29, 0.717) is 24.6 Å². The van der Waals surface area contributed by atoms with E-state index in [1.807, 2.05) is 41.0 Å². The first-order valence-corrected chi connectivity index (χ1v) is 8.78. The van der Waals surface area contributed by atoms with Gasteiger partial charge in [-0.3, -0.25) is 4.79 Å². The molecule has 7 heteroatoms. The Hall–Kier alpha value is -3.14. The summed E-state index contributed by atoms with van der Waals surface area (Å²) in [4.78, 5) is 26.6. The maximum absolute atomic E-state index is 13.0. The highest BCUT2D eigenvalue weighted by atomic mass is 16.2. The third kappa shape index (κ3) is 3.06. The maximum Gasteiger partial charge on any atom is 0.270 e. The van der Waals surface area contributed by atoms with E-state index < -0.39 is 0 Å². The fourth-order valence-corrected chi connectivity index (χ4v) is 3.24. The number of carbonyl (C=O) groups is 1. The fraction of sp³-hybridized carbons (Fsp3) is 0.368. The predicted octanol–water partition coefficient (Wildman–Crippen LogP) is 2.98. The summed E-state index contributed by atoms with van der Waals surface area (Å²) in [7, 11) is 1.87. The second-order valence-electron chi connectivity index (χ2n) is 6.79. The monoisotopic (exact) mass is 350 g/mol. The lowest BCUT2D eigenvalue weighted by atomic mass is 10.1. The van der Waals surface area contributed by atoms with Crippen LogP contribution in [0.1, 0.15) is 31.2 Å². The van der Waals surface area contributed by atoms with Gasteiger partial charge in [-0.2, -0.15) is 5.26 Å². The molecule has 0 unspecified atom stereocenters. The number of aromatic amines is 1. The topological polar surface area (TPSA) is 90.6 Å². The molecule has 3 aromatic rings. The Morgan fingerprint density at radius 3 is 3.12 bits per heavy atom. The third-order valence-corrected chi connectivity index (χ3v) is 4.81. The van der Waals surface area contributed by atoms with Crippen molar-refractivity contribution in [3.63, 3.8) is 0 Å². The van der Waals surface area contributed by atoms with Crippen molar-refractivity contribution in [2.24, 2.45) is 13.0 Å². The van der Waals surface area contributed by atoms with Crippen LogP contribution in [0.15, 0.2) is 30.9 Å². The molecule has 3 aromatic heterocycles. The van der Waals surface area contributed by atoms with E-state index in [1.54, 1.807) is 0 Å². The van der Waals surface area contributed by atoms with Gasteiger partial charge in [-0.25, -0.2) is 9.97 Å². The molecule has 0 bridgehead atoms. The van der Waals surface area contributed by atoms with Gasteiger partial charge in [0, 0.05) is 44.9 Å². The zero-order chi connectivity index (χ0) is 18.1. The third-order valence-electron chi connectivity index (χ3n) is 4.81. The van der Waals surface area contributed by atoms with Crippen LogP contribution < -0.4 is 0 Å². The molecule has 0 saturated heterocycles. The first-order valence-electron chi connectivity index (χ1n) is 8.78. The number of nitriles is 1. The van der Waals surface area contributed by atoms with Gasteiger partial charge in [0.1, 0.15) is 17.7 Å². The van der Waals surface area contributed by atoms with Gasteiger partial charge in [0.2, 0.25) is 0 Å². The number of hydrogen-bond donors (Lipinski definition) is 1. The van der Waals surface area contributed by atoms with E-state index in [2.05, 4.69) is 21.0 Å². The SMILES string of the molecule is Cn1cc(-c2ncnc3[nH]ccc23)cc1C(=O)N(CCC#N)CC1CC1.[HH]. The van der Waals surface area contributed by atoms with Crippen molar-refractivity contribution in [2.45, 2.75) is 19.3 Å². The molecule has 0 aliphatic heterocycles. The van der Waals surface area contributed by atoms with Crippen molar-refractivity contribution < 1.29 is 6.22 Å². The van der Waals surface area contributed by atoms with Gasteiger partial charge >= 0.3 is 0 Å². The minimum absolute atomic E-state index is 0. The van der Waals surface area contributed by atoms with E-state index >= 15 is 0 Å². The number of carbonyl (C=O) groups excluding carboxylic acids is 1. The van der Waals surface area contributed by atoms with Crippen LogP contribution in [0, 0.1) is 17.2 Å². The Bertz CT molecular complexity index is 997. The van der Waals surface area contributed by atoms with E-state index in [4.69, 9.17) is 5.26 Å². The van der Waals surface area contributed by atoms with Gasteiger partial charge < -0.3 is 14.5 Å². The summed E-state index contributed by atoms with van der Waals surface area (Å²) in [6, 6.07) is 5.95. The summed E-state index contributed by atoms with van der Waals surface area (Å²) in [5.74, 6) is 0.555. The molecule has 1 saturated carbocycles. The van der Waals surface area contributed by atoms with Gasteiger partial charge in [0.05, 0.1) is 18.2 Å². The Balaban J connectivity index is 0.00000210. The van der Waals surface area contributed by atoms with Crippen LogP contribution >= 0.6 is 0 Å². The molecule has 0 atom stereocenters. The molecule has 134 valence electrons. The quantitative estimate of drug-likeness (QED) is 0.740. The van der Waals surface area contributed by atoms with Gasteiger partial charge in [0.25, 0.3) is 5.91 Å². The standard InChI is InChI=1S/C19H20N6O.H2/c1-24-11-14(17-15-5-7-21-18(15)23-12-22-17)9-16(24)19(26)25(8-2-6-20)10-13-3-4-13;/h5,7,9,11-13H,2-4,8,10H2,1H3,(H,21,22,23);1H. The number of hydrogen-bond acceptors (Lipinski definition) is 4. The van der Waals surface area contributed by atoms with Crippen molar-refractivity contribution in [2.75, 3.05) is 13.1 Å². The lowest BCUT2D eigenvalue weighted by molar-refractivity contribution is 0.0742. The smallest absolute Gasteiger partial charge is 0.270 e. The number of aryl methyl sites for hydroxylation is 1. The lowest BCUT2D eigenvalue weighted by Crippen LogP contribution is -2.34. The normalized spacial score (nSPS) is 13.7. The molecule has 26 heavy (non-hydrogen) atoms. The Kier molecular flexibility index (Phi) is 4.17. The van der Waals surface area contributed by atoms with Crippen LogP contribution in [0.3, 0.4) is 0 Å². The first kappa shape index (κ1) is 16.3. The number of amides is 1. The van der Waals surface area contributed by atoms with Crippen molar-refractivity contribution >= 4 is 16.9 Å². The molecule has 0 radical (unpaired) electrons. The van der Waals surface area contributed by atoms with Gasteiger partial charge in [-0.15, -0.1) is 0 Å². The molecule has 3 heterocycles. The average Bonchev–Trinajstić information content (AvgIpc) is 3.18. The maximum atomic E-state index is 13.0. The van der Waals surface area contributed by atoms with E-state index in [9.17, 15) is 4.79 Å². The molecule has 0 spiro atoms. The van der Waals surface area contributed by atoms with E-state index in [0.717, 1.165) is 28.8 Å². The van der Waals surface area contributed by atoms with E-state index in [-0.39, 0.29) is 7.33 Å². The largest absolute Gasteiger partial charge is 0.346 e. The fourth-order valence-electron chi connectivity index (χ4n) is 3.24. The van der Waals surface area contributed by atoms with Gasteiger partial charge in [-0.05, 0) is 30.9 Å². The van der Waals surface area contributed by atoms with Crippen molar-refractivity contribution in [3.8, 4) is 17.3 Å². The second-order valence-corrected chi connectivity index (χ2v) is 6.79. The summed E-state index contributed by atoms with van der Waals surface area (Å²) in [6.45, 7) is 1.21. The molecule has 0 aromatic carbocycles. The molecular formula is C19H22N6O. The minimum atomic E-state index is -0.0275. The summed E-state index contributed by atoms with van der Waals surface area (Å²) < 4.78 is 1.84. The minimum Gasteiger partial charge on any atom is -0.346 e. The summed E-state index contributed by atoms with van der Waals surface area (Å²) >= 11 is 0. The molecule has 1 fully saturated rings. The van der Waals surface area contributed by atoms with Crippen molar-refractivity contribution in [3.05, 3.63) is 36.5 Å². The Morgan fingerprint density at radius 2 is 2.35 bits per heavy atom. The van der Waals surface area contributed by atoms with Gasteiger partial charge in [-0.1, -0.05) is 0 Å². The second kappa shape index (κ2) is 6.64. The molecule has 7 nitrogen and oxygen atoms in total. The lowest BCUT2D eigenvalue weighted by Gasteiger charge is -2.21. The predicted molar refractivity (Wildman–Crippen MR) is 99.3 cm³/mol. The number of rotatable bonds is 6. The number of nitrogens with one attached hydrogen (secondary N) is 1. The highest BCUT2D eigenvalue weighted by Crippen LogP contribution is 2.31. The molecular weight excluding hydrogens is 328 g/mol. The zero-order valence-corrected chi connectivity index (χ0v) is 14.6. The van der Waals surface area contributed by atoms with E-state index in [1.165, 1.54) is 19.2 Å². The summed E-state index contributed by atoms with van der Waals surface area (Å²) in [5, 5.41) is 9.82. The summed E-state index contributed by atoms with van der Waals surface area (Å²) in [6.07, 6.45) is 7.96. The summed E-state index contributed by atoms with van der Waals surface area (Å²) in [5.41, 5.74) is 3.07. The molecule has 4 rings (SSSR count). The van der Waals surface area contributed by atoms with Crippen LogP contribution in [0.25, 0.3) is 22.3 Å². The molecule has 1 amide bonds. The molecule has 1 aliphatic rings. The van der Waals surface area contributed by atoms with Crippen LogP contribution in [-0.4, -0.2) is 43.4 Å². The molecule has 1 aliphatic carbocycles. The highest BCUT2D eigenvalue weighted by molar-refractivity contribution is 5.96. The van der Waals surface area contributed by atoms with Crippen LogP contribution in [-0.2, 0) is 7.05 Å². The average molecular weight is 350 g/mol.